The highest BCUT2D eigenvalue weighted by Gasteiger charge is 2.16. The SMILES string of the molecule is COc1ncccc1CNC(=O)c1sc(COc2ccc(Cl)cc2)nc1C. The molecular formula is C19H18ClN3O3S. The van der Waals surface area contributed by atoms with Crippen LogP contribution in [0.3, 0.4) is 0 Å². The highest BCUT2D eigenvalue weighted by atomic mass is 35.5. The van der Waals surface area contributed by atoms with Crippen LogP contribution in [0, 0.1) is 6.92 Å². The van der Waals surface area contributed by atoms with Crippen molar-refractivity contribution >= 4 is 28.8 Å². The van der Waals surface area contributed by atoms with Gasteiger partial charge in [-0.15, -0.1) is 11.3 Å². The molecule has 2 aromatic heterocycles. The van der Waals surface area contributed by atoms with Crippen LogP contribution in [0.1, 0.15) is 25.9 Å². The quantitative estimate of drug-likeness (QED) is 0.645. The molecule has 0 unspecified atom stereocenters. The van der Waals surface area contributed by atoms with E-state index in [1.165, 1.54) is 11.3 Å². The first kappa shape index (κ1) is 19.1. The Morgan fingerprint density at radius 2 is 2.04 bits per heavy atom. The number of nitrogens with zero attached hydrogens (tertiary/aromatic N) is 2. The van der Waals surface area contributed by atoms with Gasteiger partial charge in [-0.1, -0.05) is 17.7 Å². The van der Waals surface area contributed by atoms with E-state index in [9.17, 15) is 4.79 Å². The molecule has 8 heteroatoms. The Morgan fingerprint density at radius 3 is 2.78 bits per heavy atom. The average molecular weight is 404 g/mol. The molecule has 27 heavy (non-hydrogen) atoms. The van der Waals surface area contributed by atoms with Gasteiger partial charge in [0, 0.05) is 23.3 Å². The van der Waals surface area contributed by atoms with Gasteiger partial charge in [-0.05, 0) is 37.3 Å². The van der Waals surface area contributed by atoms with E-state index in [1.807, 2.05) is 13.0 Å². The number of hydrogen-bond donors (Lipinski definition) is 1. The van der Waals surface area contributed by atoms with Crippen molar-refractivity contribution in [2.75, 3.05) is 7.11 Å². The summed E-state index contributed by atoms with van der Waals surface area (Å²) in [5.74, 6) is 1.01. The van der Waals surface area contributed by atoms with Crippen LogP contribution in [0.4, 0.5) is 0 Å². The third-order valence-electron chi connectivity index (χ3n) is 3.71. The van der Waals surface area contributed by atoms with Crippen molar-refractivity contribution in [1.29, 1.82) is 0 Å². The molecule has 140 valence electrons. The molecule has 0 fully saturated rings. The molecule has 0 atom stereocenters. The van der Waals surface area contributed by atoms with Crippen molar-refractivity contribution in [2.24, 2.45) is 0 Å². The summed E-state index contributed by atoms with van der Waals surface area (Å²) in [4.78, 5) is 21.6. The van der Waals surface area contributed by atoms with Gasteiger partial charge in [0.05, 0.1) is 12.8 Å². The molecule has 0 aliphatic carbocycles. The summed E-state index contributed by atoms with van der Waals surface area (Å²) in [5, 5.41) is 4.26. The van der Waals surface area contributed by atoms with E-state index in [0.29, 0.717) is 33.8 Å². The number of aromatic nitrogens is 2. The van der Waals surface area contributed by atoms with Crippen LogP contribution < -0.4 is 14.8 Å². The van der Waals surface area contributed by atoms with E-state index in [2.05, 4.69) is 15.3 Å². The predicted molar refractivity (Wildman–Crippen MR) is 105 cm³/mol. The van der Waals surface area contributed by atoms with E-state index in [4.69, 9.17) is 21.1 Å². The van der Waals surface area contributed by atoms with Gasteiger partial charge in [0.15, 0.2) is 0 Å². The van der Waals surface area contributed by atoms with Gasteiger partial charge in [0.2, 0.25) is 5.88 Å². The number of aryl methyl sites for hydroxylation is 1. The number of halogens is 1. The van der Waals surface area contributed by atoms with Gasteiger partial charge in [-0.3, -0.25) is 4.79 Å². The second-order valence-corrected chi connectivity index (χ2v) is 7.14. The number of ether oxygens (including phenoxy) is 2. The number of nitrogens with one attached hydrogen (secondary N) is 1. The summed E-state index contributed by atoms with van der Waals surface area (Å²) in [7, 11) is 1.55. The number of pyridine rings is 1. The van der Waals surface area contributed by atoms with E-state index in [-0.39, 0.29) is 12.5 Å². The van der Waals surface area contributed by atoms with Crippen molar-refractivity contribution < 1.29 is 14.3 Å². The molecule has 0 saturated carbocycles. The molecule has 1 aromatic carbocycles. The maximum Gasteiger partial charge on any atom is 0.263 e. The minimum absolute atomic E-state index is 0.186. The molecule has 2 heterocycles. The second-order valence-electron chi connectivity index (χ2n) is 5.62. The Labute approximate surface area is 166 Å². The first-order chi connectivity index (χ1) is 13.1. The number of carbonyl (C=O) groups excluding carboxylic acids is 1. The lowest BCUT2D eigenvalue weighted by molar-refractivity contribution is 0.0954. The predicted octanol–water partition coefficient (Wildman–Crippen LogP) is 4.02. The Hall–Kier alpha value is -2.64. The number of thiazole rings is 1. The third kappa shape index (κ3) is 4.96. The van der Waals surface area contributed by atoms with Crippen molar-refractivity contribution in [2.45, 2.75) is 20.1 Å². The molecule has 0 spiro atoms. The van der Waals surface area contributed by atoms with Gasteiger partial charge in [-0.25, -0.2) is 9.97 Å². The summed E-state index contributed by atoms with van der Waals surface area (Å²) < 4.78 is 10.9. The fourth-order valence-corrected chi connectivity index (χ4v) is 3.42. The average Bonchev–Trinajstić information content (AvgIpc) is 3.06. The summed E-state index contributed by atoms with van der Waals surface area (Å²) in [5.41, 5.74) is 1.48. The molecule has 0 saturated heterocycles. The minimum Gasteiger partial charge on any atom is -0.486 e. The first-order valence-electron chi connectivity index (χ1n) is 8.17. The monoisotopic (exact) mass is 403 g/mol. The molecule has 0 radical (unpaired) electrons. The molecule has 1 amide bonds. The zero-order valence-corrected chi connectivity index (χ0v) is 16.4. The van der Waals surface area contributed by atoms with E-state index < -0.39 is 0 Å². The fourth-order valence-electron chi connectivity index (χ4n) is 2.40. The molecule has 0 aliphatic heterocycles. The molecular weight excluding hydrogens is 386 g/mol. The van der Waals surface area contributed by atoms with E-state index in [0.717, 1.165) is 10.6 Å². The highest BCUT2D eigenvalue weighted by Crippen LogP contribution is 2.22. The number of benzene rings is 1. The van der Waals surface area contributed by atoms with Crippen LogP contribution in [0.5, 0.6) is 11.6 Å². The van der Waals surface area contributed by atoms with Crippen molar-refractivity contribution in [3.63, 3.8) is 0 Å². The smallest absolute Gasteiger partial charge is 0.263 e. The second kappa shape index (κ2) is 8.83. The molecule has 3 rings (SSSR count). The van der Waals surface area contributed by atoms with Crippen LogP contribution >= 0.6 is 22.9 Å². The lowest BCUT2D eigenvalue weighted by atomic mass is 10.2. The number of methoxy groups -OCH3 is 1. The van der Waals surface area contributed by atoms with Gasteiger partial charge < -0.3 is 14.8 Å². The number of rotatable bonds is 7. The van der Waals surface area contributed by atoms with Gasteiger partial charge in [-0.2, -0.15) is 0 Å². The zero-order valence-electron chi connectivity index (χ0n) is 14.9. The molecule has 0 aliphatic rings. The zero-order chi connectivity index (χ0) is 19.2. The topological polar surface area (TPSA) is 73.3 Å². The lowest BCUT2D eigenvalue weighted by Gasteiger charge is -2.07. The van der Waals surface area contributed by atoms with Gasteiger partial charge in [0.1, 0.15) is 22.2 Å². The molecule has 6 nitrogen and oxygen atoms in total. The van der Waals surface area contributed by atoms with Crippen LogP contribution in [0.2, 0.25) is 5.02 Å². The van der Waals surface area contributed by atoms with Crippen molar-refractivity contribution in [3.05, 3.63) is 68.8 Å². The summed E-state index contributed by atoms with van der Waals surface area (Å²) in [6.07, 6.45) is 1.64. The highest BCUT2D eigenvalue weighted by molar-refractivity contribution is 7.13. The first-order valence-corrected chi connectivity index (χ1v) is 9.37. The summed E-state index contributed by atoms with van der Waals surface area (Å²) in [6, 6.07) is 10.8. The molecule has 0 bridgehead atoms. The van der Waals surface area contributed by atoms with Crippen LogP contribution in [0.25, 0.3) is 0 Å². The normalized spacial score (nSPS) is 10.5. The van der Waals surface area contributed by atoms with Crippen molar-refractivity contribution in [1.82, 2.24) is 15.3 Å². The Balaban J connectivity index is 1.61. The fraction of sp³-hybridized carbons (Fsp3) is 0.211. The number of carbonyl (C=O) groups is 1. The van der Waals surface area contributed by atoms with Crippen LogP contribution in [-0.2, 0) is 13.2 Å². The van der Waals surface area contributed by atoms with Gasteiger partial charge >= 0.3 is 0 Å². The maximum atomic E-state index is 12.5. The minimum atomic E-state index is -0.186. The number of amides is 1. The Bertz CT molecular complexity index is 928. The number of hydrogen-bond acceptors (Lipinski definition) is 6. The van der Waals surface area contributed by atoms with E-state index >= 15 is 0 Å². The molecule has 3 aromatic rings. The maximum absolute atomic E-state index is 12.5. The molecule has 1 N–H and O–H groups in total. The standard InChI is InChI=1S/C19H18ClN3O3S/c1-12-17(18(24)22-10-13-4-3-9-21-19(13)25-2)27-16(23-12)11-26-15-7-5-14(20)6-8-15/h3-9H,10-11H2,1-2H3,(H,22,24). The van der Waals surface area contributed by atoms with Gasteiger partial charge in [0.25, 0.3) is 5.91 Å². The van der Waals surface area contributed by atoms with Crippen LogP contribution in [0.15, 0.2) is 42.6 Å². The third-order valence-corrected chi connectivity index (χ3v) is 5.09. The Kier molecular flexibility index (Phi) is 6.26. The van der Waals surface area contributed by atoms with E-state index in [1.54, 1.807) is 43.6 Å². The van der Waals surface area contributed by atoms with Crippen molar-refractivity contribution in [3.8, 4) is 11.6 Å². The summed E-state index contributed by atoms with van der Waals surface area (Å²) >= 11 is 7.17. The van der Waals surface area contributed by atoms with Crippen LogP contribution in [-0.4, -0.2) is 23.0 Å². The largest absolute Gasteiger partial charge is 0.486 e. The Morgan fingerprint density at radius 1 is 1.26 bits per heavy atom. The summed E-state index contributed by atoms with van der Waals surface area (Å²) in [6.45, 7) is 2.42. The lowest BCUT2D eigenvalue weighted by Crippen LogP contribution is -2.23.